The maximum Gasteiger partial charge on any atom is 0.391 e. The number of nitroso groups, excluding NO2 is 1. The number of hydrazine groups is 1. The number of aliphatic hydroxyl groups is 1. The van der Waals surface area contributed by atoms with Crippen molar-refractivity contribution in [1.82, 2.24) is 15.6 Å². The van der Waals surface area contributed by atoms with Crippen LogP contribution in [0.2, 0.25) is 0 Å². The van der Waals surface area contributed by atoms with Gasteiger partial charge in [-0.25, -0.2) is 19.0 Å². The highest BCUT2D eigenvalue weighted by molar-refractivity contribution is 6.00. The minimum atomic E-state index is -0.934. The molecule has 1 aliphatic rings. The zero-order valence-electron chi connectivity index (χ0n) is 14.2. The Labute approximate surface area is 152 Å². The van der Waals surface area contributed by atoms with Crippen LogP contribution in [0.15, 0.2) is 24.4 Å². The lowest BCUT2D eigenvalue weighted by molar-refractivity contribution is -0.539. The zero-order valence-corrected chi connectivity index (χ0v) is 14.2. The number of nitrogens with one attached hydrogen (secondary N) is 4. The molecule has 0 unspecified atom stereocenters. The van der Waals surface area contributed by atoms with Crippen LogP contribution in [0.5, 0.6) is 0 Å². The first-order valence-electron chi connectivity index (χ1n) is 8.41. The lowest BCUT2D eigenvalue weighted by Gasteiger charge is -2.23. The number of hydrogen-bond donors (Lipinski definition) is 5. The quantitative estimate of drug-likeness (QED) is 0.402. The van der Waals surface area contributed by atoms with E-state index < -0.39 is 23.4 Å². The Morgan fingerprint density at radius 2 is 1.85 bits per heavy atom. The second-order valence-electron chi connectivity index (χ2n) is 6.24. The van der Waals surface area contributed by atoms with E-state index in [1.54, 1.807) is 0 Å². The van der Waals surface area contributed by atoms with Gasteiger partial charge in [0.2, 0.25) is 0 Å². The van der Waals surface area contributed by atoms with E-state index >= 15 is 0 Å². The molecule has 11 heteroatoms. The molecular formula is C16H19F2N6O3+. The highest BCUT2D eigenvalue weighted by Gasteiger charge is 2.27. The first-order valence-corrected chi connectivity index (χ1v) is 8.41. The number of aromatic nitrogens is 2. The summed E-state index contributed by atoms with van der Waals surface area (Å²) in [7, 11) is 0. The van der Waals surface area contributed by atoms with Gasteiger partial charge in [-0.1, -0.05) is 11.2 Å². The number of para-hydroxylation sites is 1. The van der Waals surface area contributed by atoms with Crippen LogP contribution in [-0.4, -0.2) is 38.3 Å². The molecule has 1 aromatic carbocycles. The number of aromatic amines is 1. The fourth-order valence-corrected chi connectivity index (χ4v) is 2.85. The minimum Gasteiger partial charge on any atom is -0.393 e. The Hall–Kier alpha value is -3.08. The van der Waals surface area contributed by atoms with E-state index in [4.69, 9.17) is 0 Å². The van der Waals surface area contributed by atoms with Crippen molar-refractivity contribution in [1.29, 1.82) is 0 Å². The molecule has 2 amide bonds. The molecule has 0 radical (unpaired) electrons. The van der Waals surface area contributed by atoms with Gasteiger partial charge in [-0.05, 0) is 42.7 Å². The number of rotatable bonds is 5. The lowest BCUT2D eigenvalue weighted by atomic mass is 9.94. The number of carbonyl (C=O) groups excluding carboxylic acids is 1. The molecule has 1 heterocycles. The van der Waals surface area contributed by atoms with Gasteiger partial charge in [-0.3, -0.25) is 5.32 Å². The van der Waals surface area contributed by atoms with Crippen LogP contribution in [0.3, 0.4) is 0 Å². The third-order valence-electron chi connectivity index (χ3n) is 4.27. The van der Waals surface area contributed by atoms with E-state index in [-0.39, 0.29) is 23.7 Å². The molecule has 1 aliphatic carbocycles. The number of aliphatic hydroxyl groups excluding tert-OH is 1. The van der Waals surface area contributed by atoms with Crippen molar-refractivity contribution in [3.63, 3.8) is 0 Å². The Morgan fingerprint density at radius 1 is 1.19 bits per heavy atom. The fraction of sp³-hybridized carbons (Fsp3) is 0.375. The van der Waals surface area contributed by atoms with Crippen LogP contribution in [0, 0.1) is 16.5 Å². The number of hydrogen-bond acceptors (Lipinski definition) is 4. The number of amides is 2. The molecule has 27 heavy (non-hydrogen) atoms. The number of anilines is 2. The van der Waals surface area contributed by atoms with Gasteiger partial charge in [-0.15, -0.1) is 5.10 Å². The van der Waals surface area contributed by atoms with Crippen molar-refractivity contribution in [2.75, 3.05) is 10.6 Å². The van der Waals surface area contributed by atoms with Crippen LogP contribution < -0.4 is 16.1 Å². The molecular weight excluding hydrogens is 362 g/mol. The molecule has 0 bridgehead atoms. The van der Waals surface area contributed by atoms with Crippen LogP contribution in [0.4, 0.5) is 30.8 Å². The predicted octanol–water partition coefficient (Wildman–Crippen LogP) is 2.55. The highest BCUT2D eigenvalue weighted by atomic mass is 19.1. The molecule has 0 saturated heterocycles. The lowest BCUT2D eigenvalue weighted by Crippen LogP contribution is -2.38. The summed E-state index contributed by atoms with van der Waals surface area (Å²) in [6.07, 6.45) is 3.29. The summed E-state index contributed by atoms with van der Waals surface area (Å²) in [4.78, 5) is 24.8. The molecule has 2 aromatic rings. The molecule has 1 aromatic heterocycles. The molecule has 3 rings (SSSR count). The van der Waals surface area contributed by atoms with Gasteiger partial charge in [0.25, 0.3) is 0 Å². The van der Waals surface area contributed by atoms with Crippen LogP contribution in [0.25, 0.3) is 0 Å². The number of halogens is 2. The molecule has 9 nitrogen and oxygen atoms in total. The van der Waals surface area contributed by atoms with E-state index in [1.165, 1.54) is 12.3 Å². The summed E-state index contributed by atoms with van der Waals surface area (Å²) < 4.78 is 27.2. The molecule has 144 valence electrons. The monoisotopic (exact) mass is 381 g/mol. The standard InChI is InChI=1S/C16H18F2N6O3/c17-11-2-1-3-12(18)14(11)21-16(26)20-13-8-19-22-15(13)24(27)23-9-4-6-10(25)7-5-9/h1-3,8-10,25H,4-7H2,(H3-,19,20,21,22,23,26,27)/p+1. The van der Waals surface area contributed by atoms with Gasteiger partial charge in [-0.2, -0.15) is 0 Å². The van der Waals surface area contributed by atoms with Gasteiger partial charge in [0, 0.05) is 0 Å². The highest BCUT2D eigenvalue weighted by Crippen LogP contribution is 2.23. The largest absolute Gasteiger partial charge is 0.393 e. The van der Waals surface area contributed by atoms with Crippen molar-refractivity contribution in [3.8, 4) is 0 Å². The normalized spacial score (nSPS) is 19.4. The summed E-state index contributed by atoms with van der Waals surface area (Å²) in [5, 5.41) is 20.0. The molecule has 0 spiro atoms. The molecule has 1 fully saturated rings. The Morgan fingerprint density at radius 3 is 2.52 bits per heavy atom. The summed E-state index contributed by atoms with van der Waals surface area (Å²) in [6, 6.07) is 2.13. The molecule has 1 saturated carbocycles. The maximum atomic E-state index is 13.6. The van der Waals surface area contributed by atoms with Gasteiger partial charge < -0.3 is 10.4 Å². The van der Waals surface area contributed by atoms with Crippen molar-refractivity contribution in [3.05, 3.63) is 40.9 Å². The number of benzene rings is 1. The summed E-state index contributed by atoms with van der Waals surface area (Å²) >= 11 is 0. The van der Waals surface area contributed by atoms with Gasteiger partial charge in [0.1, 0.15) is 23.5 Å². The van der Waals surface area contributed by atoms with E-state index in [9.17, 15) is 23.6 Å². The predicted molar refractivity (Wildman–Crippen MR) is 92.3 cm³/mol. The first kappa shape index (κ1) is 18.7. The second kappa shape index (κ2) is 8.08. The summed E-state index contributed by atoms with van der Waals surface area (Å²) in [6.45, 7) is 0. The van der Waals surface area contributed by atoms with Crippen molar-refractivity contribution < 1.29 is 23.6 Å². The zero-order chi connectivity index (χ0) is 19.4. The Kier molecular flexibility index (Phi) is 5.60. The third kappa shape index (κ3) is 4.56. The average Bonchev–Trinajstić information content (AvgIpc) is 3.08. The topological polar surface area (TPSA) is 122 Å². The van der Waals surface area contributed by atoms with Crippen LogP contribution in [0.1, 0.15) is 25.7 Å². The first-order chi connectivity index (χ1) is 12.9. The van der Waals surface area contributed by atoms with E-state index in [0.717, 1.165) is 12.1 Å². The summed E-state index contributed by atoms with van der Waals surface area (Å²) in [5.74, 6) is -1.92. The number of H-pyrrole nitrogens is 1. The minimum absolute atomic E-state index is 0.0302. The number of carbonyl (C=O) groups is 1. The third-order valence-corrected chi connectivity index (χ3v) is 4.27. The van der Waals surface area contributed by atoms with Crippen molar-refractivity contribution in [2.45, 2.75) is 37.8 Å². The summed E-state index contributed by atoms with van der Waals surface area (Å²) in [5.41, 5.74) is 2.16. The molecule has 0 atom stereocenters. The van der Waals surface area contributed by atoms with Gasteiger partial charge in [0.05, 0.1) is 17.0 Å². The molecule has 5 N–H and O–H groups in total. The van der Waals surface area contributed by atoms with E-state index in [0.29, 0.717) is 30.6 Å². The number of nitrogens with zero attached hydrogens (tertiary/aromatic N) is 2. The van der Waals surface area contributed by atoms with Gasteiger partial charge in [0.15, 0.2) is 5.69 Å². The van der Waals surface area contributed by atoms with E-state index in [1.807, 2.05) is 0 Å². The van der Waals surface area contributed by atoms with Crippen molar-refractivity contribution in [2.24, 2.45) is 0 Å². The fourth-order valence-electron chi connectivity index (χ4n) is 2.85. The maximum absolute atomic E-state index is 13.6. The van der Waals surface area contributed by atoms with Crippen molar-refractivity contribution >= 4 is 23.2 Å². The average molecular weight is 381 g/mol. The second-order valence-corrected chi connectivity index (χ2v) is 6.24. The SMILES string of the molecule is O=C(Nc1cn[nH]c1[N+](=O)NC1CCC(O)CC1)Nc1c(F)cccc1F. The Balaban J connectivity index is 1.62. The van der Waals surface area contributed by atoms with Crippen LogP contribution >= 0.6 is 0 Å². The molecule has 0 aliphatic heterocycles. The Bertz CT molecular complexity index is 815. The number of urea groups is 1. The van der Waals surface area contributed by atoms with Gasteiger partial charge >= 0.3 is 11.8 Å². The van der Waals surface area contributed by atoms with E-state index in [2.05, 4.69) is 26.3 Å². The van der Waals surface area contributed by atoms with Crippen LogP contribution in [-0.2, 0) is 0 Å². The smallest absolute Gasteiger partial charge is 0.391 e.